The van der Waals surface area contributed by atoms with E-state index in [1.165, 1.54) is 29.6 Å². The molecule has 0 aliphatic heterocycles. The van der Waals surface area contributed by atoms with E-state index in [1.807, 2.05) is 0 Å². The minimum atomic E-state index is -3.77. The van der Waals surface area contributed by atoms with Crippen molar-refractivity contribution in [2.45, 2.75) is 24.5 Å². The number of anilines is 1. The van der Waals surface area contributed by atoms with Gasteiger partial charge in [-0.25, -0.2) is 16.8 Å². The molecule has 11 heteroatoms. The van der Waals surface area contributed by atoms with Gasteiger partial charge in [-0.3, -0.25) is 4.79 Å². The van der Waals surface area contributed by atoms with E-state index in [2.05, 4.69) is 5.32 Å². The SMILES string of the molecule is CCN(CC)S(=O)(=O)c1ccc(OC)c(NC(=O)CS(=O)(=O)Cc2ccc(Cl)cc2)c1. The second-order valence-electron chi connectivity index (χ2n) is 6.66. The number of amides is 1. The molecular weight excluding hydrogens is 464 g/mol. The van der Waals surface area contributed by atoms with Gasteiger partial charge >= 0.3 is 0 Å². The largest absolute Gasteiger partial charge is 0.495 e. The second-order valence-corrected chi connectivity index (χ2v) is 11.1. The zero-order chi connectivity index (χ0) is 23.2. The Balaban J connectivity index is 2.22. The number of hydrogen-bond donors (Lipinski definition) is 1. The predicted molar refractivity (Wildman–Crippen MR) is 121 cm³/mol. The fourth-order valence-electron chi connectivity index (χ4n) is 2.93. The van der Waals surface area contributed by atoms with Gasteiger partial charge in [-0.2, -0.15) is 4.31 Å². The fourth-order valence-corrected chi connectivity index (χ4v) is 5.81. The lowest BCUT2D eigenvalue weighted by molar-refractivity contribution is -0.113. The Morgan fingerprint density at radius 1 is 1.03 bits per heavy atom. The van der Waals surface area contributed by atoms with Crippen molar-refractivity contribution in [1.82, 2.24) is 4.31 Å². The molecule has 0 saturated carbocycles. The maximum absolute atomic E-state index is 12.8. The molecule has 170 valence electrons. The molecule has 0 fully saturated rings. The maximum atomic E-state index is 12.8. The minimum Gasteiger partial charge on any atom is -0.495 e. The van der Waals surface area contributed by atoms with Crippen molar-refractivity contribution in [3.05, 3.63) is 53.1 Å². The third-order valence-corrected chi connectivity index (χ3v) is 8.21. The van der Waals surface area contributed by atoms with Crippen molar-refractivity contribution in [3.8, 4) is 5.75 Å². The van der Waals surface area contributed by atoms with Crippen LogP contribution in [0, 0.1) is 0 Å². The van der Waals surface area contributed by atoms with Crippen molar-refractivity contribution in [3.63, 3.8) is 0 Å². The quantitative estimate of drug-likeness (QED) is 0.550. The van der Waals surface area contributed by atoms with E-state index >= 15 is 0 Å². The van der Waals surface area contributed by atoms with Crippen LogP contribution in [0.4, 0.5) is 5.69 Å². The number of methoxy groups -OCH3 is 1. The summed E-state index contributed by atoms with van der Waals surface area (Å²) >= 11 is 5.80. The van der Waals surface area contributed by atoms with E-state index in [-0.39, 0.29) is 35.2 Å². The topological polar surface area (TPSA) is 110 Å². The third-order valence-electron chi connectivity index (χ3n) is 4.44. The van der Waals surface area contributed by atoms with Gasteiger partial charge < -0.3 is 10.1 Å². The first-order chi connectivity index (χ1) is 14.5. The molecule has 0 spiro atoms. The highest BCUT2D eigenvalue weighted by Gasteiger charge is 2.24. The van der Waals surface area contributed by atoms with E-state index in [0.717, 1.165) is 0 Å². The molecule has 1 N–H and O–H groups in total. The van der Waals surface area contributed by atoms with Gasteiger partial charge in [0.15, 0.2) is 9.84 Å². The van der Waals surface area contributed by atoms with Crippen molar-refractivity contribution in [2.24, 2.45) is 0 Å². The Hall–Kier alpha value is -2.14. The summed E-state index contributed by atoms with van der Waals surface area (Å²) in [7, 11) is -6.17. The molecule has 31 heavy (non-hydrogen) atoms. The molecule has 0 aliphatic rings. The number of hydrogen-bond acceptors (Lipinski definition) is 6. The molecule has 0 unspecified atom stereocenters. The molecule has 0 atom stereocenters. The van der Waals surface area contributed by atoms with Gasteiger partial charge in [0.2, 0.25) is 15.9 Å². The maximum Gasteiger partial charge on any atom is 0.243 e. The Bertz CT molecular complexity index is 1130. The molecule has 0 saturated heterocycles. The van der Waals surface area contributed by atoms with Crippen LogP contribution < -0.4 is 10.1 Å². The molecular formula is C20H25ClN2O6S2. The van der Waals surface area contributed by atoms with Crippen molar-refractivity contribution in [1.29, 1.82) is 0 Å². The number of nitrogens with one attached hydrogen (secondary N) is 1. The highest BCUT2D eigenvalue weighted by Crippen LogP contribution is 2.29. The first-order valence-electron chi connectivity index (χ1n) is 9.45. The lowest BCUT2D eigenvalue weighted by Crippen LogP contribution is -2.30. The van der Waals surface area contributed by atoms with E-state index < -0.39 is 31.5 Å². The van der Waals surface area contributed by atoms with Crippen molar-refractivity contribution >= 4 is 43.1 Å². The van der Waals surface area contributed by atoms with Crippen LogP contribution in [0.15, 0.2) is 47.4 Å². The standard InChI is InChI=1S/C20H25ClN2O6S2/c1-4-23(5-2)31(27,28)17-10-11-19(29-3)18(12-17)22-20(24)14-30(25,26)13-15-6-8-16(21)9-7-15/h6-12H,4-5,13-14H2,1-3H3,(H,22,24). The van der Waals surface area contributed by atoms with E-state index in [1.54, 1.807) is 38.1 Å². The number of benzene rings is 2. The Morgan fingerprint density at radius 3 is 2.19 bits per heavy atom. The minimum absolute atomic E-state index is 0.0312. The monoisotopic (exact) mass is 488 g/mol. The molecule has 8 nitrogen and oxygen atoms in total. The first-order valence-corrected chi connectivity index (χ1v) is 13.1. The highest BCUT2D eigenvalue weighted by atomic mass is 35.5. The molecule has 2 rings (SSSR count). The van der Waals surface area contributed by atoms with E-state index in [9.17, 15) is 21.6 Å². The number of carbonyl (C=O) groups is 1. The van der Waals surface area contributed by atoms with Crippen molar-refractivity contribution < 1.29 is 26.4 Å². The summed E-state index contributed by atoms with van der Waals surface area (Å²) in [6.07, 6.45) is 0. The lowest BCUT2D eigenvalue weighted by atomic mass is 10.2. The van der Waals surface area contributed by atoms with Crippen LogP contribution in [0.3, 0.4) is 0 Å². The molecule has 0 heterocycles. The van der Waals surface area contributed by atoms with Gasteiger partial charge in [0.25, 0.3) is 0 Å². The summed E-state index contributed by atoms with van der Waals surface area (Å²) in [4.78, 5) is 12.4. The summed E-state index contributed by atoms with van der Waals surface area (Å²) in [5.41, 5.74) is 0.574. The number of rotatable bonds is 10. The molecule has 1 amide bonds. The summed E-state index contributed by atoms with van der Waals surface area (Å²) in [6.45, 7) is 4.02. The highest BCUT2D eigenvalue weighted by molar-refractivity contribution is 7.91. The molecule has 0 bridgehead atoms. The number of nitrogens with zero attached hydrogens (tertiary/aromatic N) is 1. The first kappa shape index (κ1) is 25.1. The number of sulfonamides is 1. The summed E-state index contributed by atoms with van der Waals surface area (Å²) in [5.74, 6) is -1.69. The van der Waals surface area contributed by atoms with E-state index in [0.29, 0.717) is 10.6 Å². The fraction of sp³-hybridized carbons (Fsp3) is 0.350. The second kappa shape index (κ2) is 10.4. The van der Waals surface area contributed by atoms with Crippen LogP contribution in [-0.2, 0) is 30.4 Å². The molecule has 2 aromatic rings. The predicted octanol–water partition coefficient (Wildman–Crippen LogP) is 2.93. The lowest BCUT2D eigenvalue weighted by Gasteiger charge is -2.19. The number of carbonyl (C=O) groups excluding carboxylic acids is 1. The Morgan fingerprint density at radius 2 is 1.65 bits per heavy atom. The summed E-state index contributed by atoms with van der Waals surface area (Å²) < 4.78 is 56.8. The third kappa shape index (κ3) is 6.67. The van der Waals surface area contributed by atoms with Gasteiger partial charge in [0.05, 0.1) is 23.4 Å². The Labute approximate surface area is 188 Å². The average Bonchev–Trinajstić information content (AvgIpc) is 2.69. The van der Waals surface area contributed by atoms with Gasteiger partial charge in [-0.05, 0) is 35.9 Å². The molecule has 0 radical (unpaired) electrons. The number of halogens is 1. The number of ether oxygens (including phenoxy) is 1. The normalized spacial score (nSPS) is 12.0. The summed E-state index contributed by atoms with van der Waals surface area (Å²) in [5, 5.41) is 2.93. The van der Waals surface area contributed by atoms with Gasteiger partial charge in [0.1, 0.15) is 11.5 Å². The van der Waals surface area contributed by atoms with Crippen LogP contribution in [0.5, 0.6) is 5.75 Å². The summed E-state index contributed by atoms with van der Waals surface area (Å²) in [6, 6.07) is 10.3. The smallest absolute Gasteiger partial charge is 0.243 e. The van der Waals surface area contributed by atoms with Crippen LogP contribution in [-0.4, -0.2) is 53.0 Å². The van der Waals surface area contributed by atoms with Gasteiger partial charge in [-0.15, -0.1) is 0 Å². The van der Waals surface area contributed by atoms with Gasteiger partial charge in [0, 0.05) is 18.1 Å². The molecule has 0 aliphatic carbocycles. The zero-order valence-electron chi connectivity index (χ0n) is 17.5. The van der Waals surface area contributed by atoms with Crippen LogP contribution in [0.2, 0.25) is 5.02 Å². The number of sulfone groups is 1. The van der Waals surface area contributed by atoms with E-state index in [4.69, 9.17) is 16.3 Å². The van der Waals surface area contributed by atoms with Crippen LogP contribution in [0.1, 0.15) is 19.4 Å². The van der Waals surface area contributed by atoms with Crippen molar-refractivity contribution in [2.75, 3.05) is 31.3 Å². The molecule has 2 aromatic carbocycles. The molecule has 0 aromatic heterocycles. The van der Waals surface area contributed by atoms with Gasteiger partial charge in [-0.1, -0.05) is 37.6 Å². The average molecular weight is 489 g/mol. The van der Waals surface area contributed by atoms with Crippen LogP contribution in [0.25, 0.3) is 0 Å². The van der Waals surface area contributed by atoms with Crippen LogP contribution >= 0.6 is 11.6 Å². The zero-order valence-corrected chi connectivity index (χ0v) is 19.8. The Kier molecular flexibility index (Phi) is 8.47.